The molecule has 1 saturated carbocycles. The van der Waals surface area contributed by atoms with Gasteiger partial charge in [0, 0.05) is 5.92 Å². The molecule has 0 aromatic carbocycles. The number of hydrogen-bond acceptors (Lipinski definition) is 0. The van der Waals surface area contributed by atoms with Crippen LogP contribution in [0, 0.1) is 12.8 Å². The van der Waals surface area contributed by atoms with Crippen molar-refractivity contribution < 1.29 is 8.78 Å². The van der Waals surface area contributed by atoms with Crippen molar-refractivity contribution in [2.75, 3.05) is 0 Å². The molecule has 0 aliphatic heterocycles. The molecular weight excluding hydrogens is 98.1 g/mol. The van der Waals surface area contributed by atoms with E-state index >= 15 is 0 Å². The Hall–Kier alpha value is -0.140. The van der Waals surface area contributed by atoms with E-state index < -0.39 is 12.3 Å². The summed E-state index contributed by atoms with van der Waals surface area (Å²) in [7, 11) is 0. The number of rotatable bonds is 1. The summed E-state index contributed by atoms with van der Waals surface area (Å²) in [5.41, 5.74) is 0. The largest absolute Gasteiger partial charge is 0.244 e. The highest BCUT2D eigenvalue weighted by Crippen LogP contribution is 2.39. The normalized spacial score (nSPS) is 49.3. The van der Waals surface area contributed by atoms with E-state index in [-0.39, 0.29) is 5.92 Å². The lowest BCUT2D eigenvalue weighted by Gasteiger charge is -1.76. The Morgan fingerprint density at radius 1 is 1.29 bits per heavy atom. The van der Waals surface area contributed by atoms with Crippen molar-refractivity contribution in [1.29, 1.82) is 0 Å². The summed E-state index contributed by atoms with van der Waals surface area (Å²) in [6, 6.07) is 0. The lowest BCUT2D eigenvalue weighted by atomic mass is 10.3. The average Bonchev–Trinajstić information content (AvgIpc) is 2.17. The molecule has 7 heavy (non-hydrogen) atoms. The zero-order chi connectivity index (χ0) is 5.44. The maximum Gasteiger partial charge on any atom is 0.137 e. The van der Waals surface area contributed by atoms with Crippen LogP contribution >= 0.6 is 0 Å². The summed E-state index contributed by atoms with van der Waals surface area (Å²) in [6.07, 6.45) is -2.00. The minimum Gasteiger partial charge on any atom is -0.244 e. The molecule has 0 nitrogen and oxygen atoms in total. The maximum atomic E-state index is 11.8. The lowest BCUT2D eigenvalue weighted by molar-refractivity contribution is 0.372. The first-order chi connectivity index (χ1) is 3.27. The van der Waals surface area contributed by atoms with Crippen molar-refractivity contribution >= 4 is 0 Å². The van der Waals surface area contributed by atoms with Crippen LogP contribution in [0.4, 0.5) is 8.78 Å². The second-order valence-corrected chi connectivity index (χ2v) is 1.84. The van der Waals surface area contributed by atoms with Crippen molar-refractivity contribution in [3.63, 3.8) is 0 Å². The molecule has 0 amide bonds. The molecular formula is C5H7F2. The predicted octanol–water partition coefficient (Wildman–Crippen LogP) is 1.52. The molecule has 0 aromatic rings. The minimum atomic E-state index is -1.20. The molecule has 1 aliphatic carbocycles. The fraction of sp³-hybridized carbons (Fsp3) is 0.800. The molecule has 2 unspecified atom stereocenters. The quantitative estimate of drug-likeness (QED) is 0.474. The first-order valence-corrected chi connectivity index (χ1v) is 2.34. The van der Waals surface area contributed by atoms with Crippen molar-refractivity contribution in [2.45, 2.75) is 18.8 Å². The van der Waals surface area contributed by atoms with E-state index in [0.29, 0.717) is 6.42 Å². The summed E-state index contributed by atoms with van der Waals surface area (Å²) in [5.74, 6) is -0.375. The van der Waals surface area contributed by atoms with Gasteiger partial charge in [0.05, 0.1) is 0 Å². The van der Waals surface area contributed by atoms with Crippen LogP contribution in [0.15, 0.2) is 0 Å². The molecule has 41 valence electrons. The minimum absolute atomic E-state index is 0.375. The van der Waals surface area contributed by atoms with Gasteiger partial charge in [-0.05, 0) is 6.42 Å². The van der Waals surface area contributed by atoms with Crippen LogP contribution in [0.25, 0.3) is 0 Å². The molecule has 0 N–H and O–H groups in total. The average molecular weight is 105 g/mol. The van der Waals surface area contributed by atoms with E-state index in [1.807, 2.05) is 0 Å². The van der Waals surface area contributed by atoms with Crippen molar-refractivity contribution in [3.05, 3.63) is 6.92 Å². The van der Waals surface area contributed by atoms with Crippen molar-refractivity contribution in [1.82, 2.24) is 0 Å². The molecule has 1 aliphatic rings. The summed E-state index contributed by atoms with van der Waals surface area (Å²) in [4.78, 5) is 0. The molecule has 1 fully saturated rings. The van der Waals surface area contributed by atoms with Crippen molar-refractivity contribution in [2.24, 2.45) is 5.92 Å². The van der Waals surface area contributed by atoms with Crippen LogP contribution < -0.4 is 0 Å². The Labute approximate surface area is 41.5 Å². The standard InChI is InChI=1S/C5H7F2/c1-2-3-4(6)5(3)7/h3-5H,1-2H2. The summed E-state index contributed by atoms with van der Waals surface area (Å²) in [6.45, 7) is 3.37. The lowest BCUT2D eigenvalue weighted by Crippen LogP contribution is -1.73. The Morgan fingerprint density at radius 2 is 1.71 bits per heavy atom. The first-order valence-electron chi connectivity index (χ1n) is 2.34. The number of halogens is 2. The van der Waals surface area contributed by atoms with Gasteiger partial charge in [0.1, 0.15) is 12.3 Å². The highest BCUT2D eigenvalue weighted by Gasteiger charge is 2.50. The fourth-order valence-corrected chi connectivity index (χ4v) is 0.611. The van der Waals surface area contributed by atoms with E-state index in [1.54, 1.807) is 0 Å². The predicted molar refractivity (Wildman–Crippen MR) is 23.3 cm³/mol. The van der Waals surface area contributed by atoms with Gasteiger partial charge in [-0.3, -0.25) is 0 Å². The molecule has 0 saturated heterocycles. The molecule has 1 radical (unpaired) electrons. The van der Waals surface area contributed by atoms with Gasteiger partial charge in [-0.2, -0.15) is 0 Å². The van der Waals surface area contributed by atoms with E-state index in [2.05, 4.69) is 6.92 Å². The zero-order valence-electron chi connectivity index (χ0n) is 3.90. The molecule has 0 heterocycles. The topological polar surface area (TPSA) is 0 Å². The van der Waals surface area contributed by atoms with Gasteiger partial charge >= 0.3 is 0 Å². The summed E-state index contributed by atoms with van der Waals surface area (Å²) >= 11 is 0. The molecule has 0 bridgehead atoms. The van der Waals surface area contributed by atoms with Crippen LogP contribution in [0.5, 0.6) is 0 Å². The third-order valence-corrected chi connectivity index (χ3v) is 1.31. The monoisotopic (exact) mass is 105 g/mol. The number of alkyl halides is 2. The van der Waals surface area contributed by atoms with Crippen LogP contribution in [-0.2, 0) is 0 Å². The van der Waals surface area contributed by atoms with E-state index in [0.717, 1.165) is 0 Å². The summed E-state index contributed by atoms with van der Waals surface area (Å²) in [5, 5.41) is 0. The molecule has 2 heteroatoms. The van der Waals surface area contributed by atoms with Crippen LogP contribution in [-0.4, -0.2) is 12.3 Å². The first kappa shape index (κ1) is 5.01. The van der Waals surface area contributed by atoms with Gasteiger partial charge in [-0.15, -0.1) is 0 Å². The van der Waals surface area contributed by atoms with Gasteiger partial charge in [0.15, 0.2) is 0 Å². The van der Waals surface area contributed by atoms with Gasteiger partial charge in [0.2, 0.25) is 0 Å². The molecule has 1 rings (SSSR count). The van der Waals surface area contributed by atoms with Crippen LogP contribution in [0.1, 0.15) is 6.42 Å². The fourth-order valence-electron chi connectivity index (χ4n) is 0.611. The van der Waals surface area contributed by atoms with Gasteiger partial charge in [-0.1, -0.05) is 6.92 Å². The zero-order valence-corrected chi connectivity index (χ0v) is 3.90. The van der Waals surface area contributed by atoms with E-state index in [9.17, 15) is 8.78 Å². The molecule has 2 atom stereocenters. The Kier molecular flexibility index (Phi) is 1.02. The van der Waals surface area contributed by atoms with E-state index in [1.165, 1.54) is 0 Å². The Morgan fingerprint density at radius 3 is 1.71 bits per heavy atom. The third kappa shape index (κ3) is 0.621. The smallest absolute Gasteiger partial charge is 0.137 e. The second kappa shape index (κ2) is 1.42. The molecule has 0 aromatic heterocycles. The highest BCUT2D eigenvalue weighted by atomic mass is 19.2. The Balaban J connectivity index is 2.24. The van der Waals surface area contributed by atoms with Crippen molar-refractivity contribution in [3.8, 4) is 0 Å². The van der Waals surface area contributed by atoms with Crippen LogP contribution in [0.3, 0.4) is 0 Å². The van der Waals surface area contributed by atoms with Gasteiger partial charge < -0.3 is 0 Å². The molecule has 0 spiro atoms. The maximum absolute atomic E-state index is 11.8. The highest BCUT2D eigenvalue weighted by molar-refractivity contribution is 4.98. The second-order valence-electron chi connectivity index (χ2n) is 1.84. The van der Waals surface area contributed by atoms with Gasteiger partial charge in [0.25, 0.3) is 0 Å². The SMILES string of the molecule is [CH2]CC1C(F)C1F. The number of hydrogen-bond donors (Lipinski definition) is 0. The van der Waals surface area contributed by atoms with Gasteiger partial charge in [-0.25, -0.2) is 8.78 Å². The summed E-state index contributed by atoms with van der Waals surface area (Å²) < 4.78 is 23.5. The third-order valence-electron chi connectivity index (χ3n) is 1.31. The van der Waals surface area contributed by atoms with Crippen LogP contribution in [0.2, 0.25) is 0 Å². The van der Waals surface area contributed by atoms with E-state index in [4.69, 9.17) is 0 Å². The Bertz CT molecular complexity index is 64.5.